The lowest BCUT2D eigenvalue weighted by molar-refractivity contribution is -0.137. The SMILES string of the molecule is COCC(C)(O)CNC(=O)C(=O)Nc1cc(OC)ccc1OC. The van der Waals surface area contributed by atoms with Crippen molar-refractivity contribution in [3.63, 3.8) is 0 Å². The van der Waals surface area contributed by atoms with E-state index in [-0.39, 0.29) is 13.2 Å². The zero-order valence-electron chi connectivity index (χ0n) is 13.6. The van der Waals surface area contributed by atoms with Crippen LogP contribution in [0.15, 0.2) is 18.2 Å². The van der Waals surface area contributed by atoms with E-state index in [0.29, 0.717) is 17.2 Å². The quantitative estimate of drug-likeness (QED) is 0.616. The molecular formula is C15H22N2O6. The van der Waals surface area contributed by atoms with Gasteiger partial charge in [-0.2, -0.15) is 0 Å². The molecule has 0 saturated heterocycles. The molecule has 8 heteroatoms. The van der Waals surface area contributed by atoms with Crippen molar-refractivity contribution in [2.45, 2.75) is 12.5 Å². The summed E-state index contributed by atoms with van der Waals surface area (Å²) in [5.74, 6) is -0.876. The average molecular weight is 326 g/mol. The fourth-order valence-corrected chi connectivity index (χ4v) is 1.80. The van der Waals surface area contributed by atoms with E-state index < -0.39 is 17.4 Å². The van der Waals surface area contributed by atoms with Crippen molar-refractivity contribution >= 4 is 17.5 Å². The maximum Gasteiger partial charge on any atom is 0.313 e. The monoisotopic (exact) mass is 326 g/mol. The highest BCUT2D eigenvalue weighted by molar-refractivity contribution is 6.39. The topological polar surface area (TPSA) is 106 Å². The van der Waals surface area contributed by atoms with E-state index in [4.69, 9.17) is 14.2 Å². The Kier molecular flexibility index (Phi) is 6.80. The van der Waals surface area contributed by atoms with Gasteiger partial charge >= 0.3 is 11.8 Å². The van der Waals surface area contributed by atoms with Gasteiger partial charge in [-0.25, -0.2) is 0 Å². The van der Waals surface area contributed by atoms with E-state index in [1.165, 1.54) is 34.3 Å². The minimum absolute atomic E-state index is 0.0264. The summed E-state index contributed by atoms with van der Waals surface area (Å²) in [6.07, 6.45) is 0. The molecule has 1 atom stereocenters. The zero-order valence-corrected chi connectivity index (χ0v) is 13.6. The van der Waals surface area contributed by atoms with Gasteiger partial charge in [-0.1, -0.05) is 0 Å². The van der Waals surface area contributed by atoms with Gasteiger partial charge < -0.3 is 30.0 Å². The first-order chi connectivity index (χ1) is 10.8. The van der Waals surface area contributed by atoms with E-state index >= 15 is 0 Å². The Hall–Kier alpha value is -2.32. The predicted molar refractivity (Wildman–Crippen MR) is 83.7 cm³/mol. The third kappa shape index (κ3) is 5.76. The number of amides is 2. The van der Waals surface area contributed by atoms with E-state index in [0.717, 1.165) is 0 Å². The Morgan fingerprint density at radius 3 is 2.43 bits per heavy atom. The number of anilines is 1. The van der Waals surface area contributed by atoms with E-state index in [9.17, 15) is 14.7 Å². The lowest BCUT2D eigenvalue weighted by Gasteiger charge is -2.22. The molecule has 2 amide bonds. The molecule has 0 aliphatic rings. The van der Waals surface area contributed by atoms with Crippen LogP contribution < -0.4 is 20.1 Å². The highest BCUT2D eigenvalue weighted by atomic mass is 16.5. The molecule has 23 heavy (non-hydrogen) atoms. The first-order valence-corrected chi connectivity index (χ1v) is 6.85. The minimum atomic E-state index is -1.27. The fraction of sp³-hybridized carbons (Fsp3) is 0.467. The van der Waals surface area contributed by atoms with Crippen molar-refractivity contribution in [3.8, 4) is 11.5 Å². The maximum atomic E-state index is 11.9. The summed E-state index contributed by atoms with van der Waals surface area (Å²) in [6.45, 7) is 1.39. The van der Waals surface area contributed by atoms with Crippen LogP contribution in [0.4, 0.5) is 5.69 Å². The van der Waals surface area contributed by atoms with Gasteiger partial charge in [0, 0.05) is 19.7 Å². The second-order valence-corrected chi connectivity index (χ2v) is 5.13. The maximum absolute atomic E-state index is 11.9. The van der Waals surface area contributed by atoms with Gasteiger partial charge in [-0.05, 0) is 19.1 Å². The van der Waals surface area contributed by atoms with E-state index in [1.54, 1.807) is 12.1 Å². The van der Waals surface area contributed by atoms with Crippen LogP contribution in [0.5, 0.6) is 11.5 Å². The molecule has 0 aromatic heterocycles. The third-order valence-electron chi connectivity index (χ3n) is 2.95. The zero-order chi connectivity index (χ0) is 17.5. The summed E-state index contributed by atoms with van der Waals surface area (Å²) in [6, 6.07) is 4.80. The number of hydrogen-bond acceptors (Lipinski definition) is 6. The van der Waals surface area contributed by atoms with Gasteiger partial charge in [0.1, 0.15) is 17.1 Å². The Morgan fingerprint density at radius 1 is 1.17 bits per heavy atom. The number of carbonyl (C=O) groups is 2. The second kappa shape index (κ2) is 8.35. The van der Waals surface area contributed by atoms with Crippen molar-refractivity contribution < 1.29 is 28.9 Å². The lowest BCUT2D eigenvalue weighted by atomic mass is 10.1. The molecule has 3 N–H and O–H groups in total. The number of ether oxygens (including phenoxy) is 3. The highest BCUT2D eigenvalue weighted by Gasteiger charge is 2.23. The highest BCUT2D eigenvalue weighted by Crippen LogP contribution is 2.28. The second-order valence-electron chi connectivity index (χ2n) is 5.13. The molecule has 1 aromatic rings. The van der Waals surface area contributed by atoms with Gasteiger partial charge in [0.15, 0.2) is 0 Å². The summed E-state index contributed by atoms with van der Waals surface area (Å²) >= 11 is 0. The first kappa shape index (κ1) is 18.7. The third-order valence-corrected chi connectivity index (χ3v) is 2.95. The van der Waals surface area contributed by atoms with Crippen molar-refractivity contribution in [2.24, 2.45) is 0 Å². The standard InChI is InChI=1S/C15H22N2O6/c1-15(20,9-21-2)8-16-13(18)14(19)17-11-7-10(22-3)5-6-12(11)23-4/h5-7,20H,8-9H2,1-4H3,(H,16,18)(H,17,19). The number of nitrogens with one attached hydrogen (secondary N) is 2. The molecule has 8 nitrogen and oxygen atoms in total. The fourth-order valence-electron chi connectivity index (χ4n) is 1.80. The molecule has 0 bridgehead atoms. The number of aliphatic hydroxyl groups is 1. The smallest absolute Gasteiger partial charge is 0.313 e. The summed E-state index contributed by atoms with van der Waals surface area (Å²) in [4.78, 5) is 23.7. The normalized spacial score (nSPS) is 12.9. The van der Waals surface area contributed by atoms with Gasteiger partial charge in [-0.15, -0.1) is 0 Å². The largest absolute Gasteiger partial charge is 0.497 e. The summed E-state index contributed by atoms with van der Waals surface area (Å²) in [5.41, 5.74) is -0.964. The number of benzene rings is 1. The molecular weight excluding hydrogens is 304 g/mol. The van der Waals surface area contributed by atoms with Crippen LogP contribution in [-0.2, 0) is 14.3 Å². The molecule has 1 unspecified atom stereocenters. The Bertz CT molecular complexity index is 559. The number of hydrogen-bond donors (Lipinski definition) is 3. The van der Waals surface area contributed by atoms with Crippen LogP contribution in [-0.4, -0.2) is 57.0 Å². The molecule has 0 spiro atoms. The Morgan fingerprint density at radius 2 is 1.87 bits per heavy atom. The lowest BCUT2D eigenvalue weighted by Crippen LogP contribution is -2.46. The van der Waals surface area contributed by atoms with Crippen molar-refractivity contribution in [1.29, 1.82) is 0 Å². The predicted octanol–water partition coefficient (Wildman–Crippen LogP) is 0.156. The molecule has 1 rings (SSSR count). The Balaban J connectivity index is 2.70. The van der Waals surface area contributed by atoms with E-state index in [1.807, 2.05) is 0 Å². The summed E-state index contributed by atoms with van der Waals surface area (Å²) < 4.78 is 15.0. The van der Waals surface area contributed by atoms with Crippen LogP contribution in [0.3, 0.4) is 0 Å². The van der Waals surface area contributed by atoms with Gasteiger partial charge in [-0.3, -0.25) is 9.59 Å². The van der Waals surface area contributed by atoms with Gasteiger partial charge in [0.05, 0.1) is 26.5 Å². The number of carbonyl (C=O) groups excluding carboxylic acids is 2. The van der Waals surface area contributed by atoms with Crippen molar-refractivity contribution in [3.05, 3.63) is 18.2 Å². The molecule has 0 saturated carbocycles. The van der Waals surface area contributed by atoms with E-state index in [2.05, 4.69) is 10.6 Å². The molecule has 0 aliphatic carbocycles. The van der Waals surface area contributed by atoms with Gasteiger partial charge in [0.25, 0.3) is 0 Å². The minimum Gasteiger partial charge on any atom is -0.497 e. The molecule has 0 radical (unpaired) electrons. The van der Waals surface area contributed by atoms with Crippen LogP contribution in [0.25, 0.3) is 0 Å². The molecule has 1 aromatic carbocycles. The molecule has 0 aliphatic heterocycles. The Labute approximate surface area is 134 Å². The number of rotatable bonds is 7. The van der Waals surface area contributed by atoms with Crippen LogP contribution in [0.2, 0.25) is 0 Å². The average Bonchev–Trinajstić information content (AvgIpc) is 2.52. The molecule has 0 heterocycles. The molecule has 128 valence electrons. The van der Waals surface area contributed by atoms with Gasteiger partial charge in [0.2, 0.25) is 0 Å². The summed E-state index contributed by atoms with van der Waals surface area (Å²) in [7, 11) is 4.36. The number of methoxy groups -OCH3 is 3. The summed E-state index contributed by atoms with van der Waals surface area (Å²) in [5, 5.41) is 14.7. The first-order valence-electron chi connectivity index (χ1n) is 6.85. The van der Waals surface area contributed by atoms with Crippen molar-refractivity contribution in [1.82, 2.24) is 5.32 Å². The van der Waals surface area contributed by atoms with Crippen LogP contribution in [0, 0.1) is 0 Å². The van der Waals surface area contributed by atoms with Crippen LogP contribution in [0.1, 0.15) is 6.92 Å². The van der Waals surface area contributed by atoms with Crippen LogP contribution >= 0.6 is 0 Å². The van der Waals surface area contributed by atoms with Crippen molar-refractivity contribution in [2.75, 3.05) is 39.8 Å². The molecule has 0 fully saturated rings.